The number of rotatable bonds is 5. The number of hydrogen-bond acceptors (Lipinski definition) is 4. The van der Waals surface area contributed by atoms with E-state index in [1.54, 1.807) is 48.5 Å². The molecule has 1 fully saturated rings. The van der Waals surface area contributed by atoms with Gasteiger partial charge in [-0.3, -0.25) is 19.3 Å². The van der Waals surface area contributed by atoms with E-state index in [-0.39, 0.29) is 29.6 Å². The molecule has 1 aliphatic carbocycles. The molecule has 6 heteroatoms. The van der Waals surface area contributed by atoms with Crippen LogP contribution in [0.3, 0.4) is 0 Å². The lowest BCUT2D eigenvalue weighted by atomic mass is 9.82. The lowest BCUT2D eigenvalue weighted by molar-refractivity contribution is -0.122. The van der Waals surface area contributed by atoms with Crippen molar-refractivity contribution in [3.63, 3.8) is 0 Å². The highest BCUT2D eigenvalue weighted by atomic mass is 16.5. The minimum atomic E-state index is -0.285. The number of carbonyl (C=O) groups is 3. The van der Waals surface area contributed by atoms with Gasteiger partial charge in [0.25, 0.3) is 5.91 Å². The molecule has 176 valence electrons. The van der Waals surface area contributed by atoms with Gasteiger partial charge in [-0.15, -0.1) is 0 Å². The predicted molar refractivity (Wildman–Crippen MR) is 135 cm³/mol. The summed E-state index contributed by atoms with van der Waals surface area (Å²) in [5, 5.41) is 2.86. The molecule has 6 nitrogen and oxygen atoms in total. The maximum atomic E-state index is 12.9. The minimum Gasteiger partial charge on any atom is -0.457 e. The fourth-order valence-electron chi connectivity index (χ4n) is 4.68. The van der Waals surface area contributed by atoms with Gasteiger partial charge < -0.3 is 10.1 Å². The van der Waals surface area contributed by atoms with Crippen LogP contribution in [-0.4, -0.2) is 17.7 Å². The Balaban J connectivity index is 1.23. The summed E-state index contributed by atoms with van der Waals surface area (Å²) in [5.74, 6) is 0.259. The van der Waals surface area contributed by atoms with E-state index in [1.807, 2.05) is 44.2 Å². The van der Waals surface area contributed by atoms with E-state index in [1.165, 1.54) is 4.90 Å². The van der Waals surface area contributed by atoms with Crippen LogP contribution >= 0.6 is 0 Å². The molecule has 5 rings (SSSR count). The number of benzene rings is 3. The zero-order valence-corrected chi connectivity index (χ0v) is 19.7. The van der Waals surface area contributed by atoms with E-state index in [9.17, 15) is 14.4 Å². The van der Waals surface area contributed by atoms with Crippen molar-refractivity contribution in [2.75, 3.05) is 10.2 Å². The van der Waals surface area contributed by atoms with E-state index in [4.69, 9.17) is 4.74 Å². The van der Waals surface area contributed by atoms with Gasteiger partial charge >= 0.3 is 0 Å². The average Bonchev–Trinajstić information content (AvgIpc) is 3.09. The third-order valence-electron chi connectivity index (χ3n) is 6.55. The summed E-state index contributed by atoms with van der Waals surface area (Å²) in [4.78, 5) is 39.8. The van der Waals surface area contributed by atoms with Crippen LogP contribution in [0.5, 0.6) is 11.5 Å². The number of aryl methyl sites for hydroxylation is 1. The van der Waals surface area contributed by atoms with E-state index in [2.05, 4.69) is 5.32 Å². The highest BCUT2D eigenvalue weighted by Gasteiger charge is 2.48. The van der Waals surface area contributed by atoms with Crippen LogP contribution in [0.4, 0.5) is 11.4 Å². The molecule has 0 spiro atoms. The van der Waals surface area contributed by atoms with Crippen LogP contribution in [0.2, 0.25) is 0 Å². The van der Waals surface area contributed by atoms with Crippen LogP contribution in [0, 0.1) is 18.8 Å². The second-order valence-electron chi connectivity index (χ2n) is 9.16. The first-order valence-corrected chi connectivity index (χ1v) is 11.7. The summed E-state index contributed by atoms with van der Waals surface area (Å²) in [6, 6.07) is 21.5. The Hall–Kier alpha value is -4.19. The zero-order valence-electron chi connectivity index (χ0n) is 19.7. The van der Waals surface area contributed by atoms with Crippen LogP contribution in [-0.2, 0) is 9.59 Å². The Morgan fingerprint density at radius 2 is 1.60 bits per heavy atom. The van der Waals surface area contributed by atoms with Crippen molar-refractivity contribution in [1.29, 1.82) is 0 Å². The summed E-state index contributed by atoms with van der Waals surface area (Å²) in [6.07, 6.45) is 3.28. The van der Waals surface area contributed by atoms with Gasteiger partial charge in [0.15, 0.2) is 0 Å². The van der Waals surface area contributed by atoms with Gasteiger partial charge in [0.2, 0.25) is 11.8 Å². The first-order valence-electron chi connectivity index (χ1n) is 11.7. The maximum Gasteiger partial charge on any atom is 0.255 e. The Labute approximate surface area is 204 Å². The number of ether oxygens (including phenoxy) is 1. The number of amides is 3. The number of nitrogens with zero attached hydrogens (tertiary/aromatic N) is 1. The molecule has 3 aromatic carbocycles. The molecule has 1 N–H and O–H groups in total. The first-order chi connectivity index (χ1) is 16.9. The molecule has 0 unspecified atom stereocenters. The van der Waals surface area contributed by atoms with Crippen molar-refractivity contribution in [1.82, 2.24) is 0 Å². The summed E-state index contributed by atoms with van der Waals surface area (Å²) in [7, 11) is 0. The van der Waals surface area contributed by atoms with Gasteiger partial charge in [0, 0.05) is 11.3 Å². The zero-order chi connectivity index (χ0) is 24.5. The van der Waals surface area contributed by atoms with Crippen molar-refractivity contribution in [3.05, 3.63) is 95.6 Å². The monoisotopic (exact) mass is 466 g/mol. The third-order valence-corrected chi connectivity index (χ3v) is 6.55. The Kier molecular flexibility index (Phi) is 5.95. The summed E-state index contributed by atoms with van der Waals surface area (Å²) >= 11 is 0. The number of anilines is 2. The molecule has 0 radical (unpaired) electrons. The van der Waals surface area contributed by atoms with Crippen molar-refractivity contribution in [2.24, 2.45) is 11.8 Å². The molecule has 35 heavy (non-hydrogen) atoms. The lowest BCUT2D eigenvalue weighted by Crippen LogP contribution is -2.30. The van der Waals surface area contributed by atoms with Crippen molar-refractivity contribution < 1.29 is 19.1 Å². The number of carbonyl (C=O) groups excluding carboxylic acids is 3. The molecule has 1 saturated heterocycles. The number of allylic oxidation sites excluding steroid dienone is 2. The molecule has 3 aromatic rings. The fourth-order valence-corrected chi connectivity index (χ4v) is 4.68. The normalized spacial score (nSPS) is 19.3. The Bertz CT molecular complexity index is 1330. The van der Waals surface area contributed by atoms with E-state index >= 15 is 0 Å². The highest BCUT2D eigenvalue weighted by molar-refractivity contribution is 6.22. The largest absolute Gasteiger partial charge is 0.457 e. The van der Waals surface area contributed by atoms with E-state index in [0.717, 1.165) is 16.9 Å². The Morgan fingerprint density at radius 1 is 0.886 bits per heavy atom. The number of nitrogens with one attached hydrogen (secondary N) is 1. The van der Waals surface area contributed by atoms with Crippen LogP contribution < -0.4 is 15.0 Å². The summed E-state index contributed by atoms with van der Waals surface area (Å²) in [6.45, 7) is 4.00. The summed E-state index contributed by atoms with van der Waals surface area (Å²) in [5.41, 5.74) is 3.83. The molecule has 2 aliphatic rings. The molecule has 2 atom stereocenters. The highest BCUT2D eigenvalue weighted by Crippen LogP contribution is 2.39. The fraction of sp³-hybridized carbons (Fsp3) is 0.207. The SMILES string of the molecule is CC1=CC[C@@H]2C(=O)N(c3ccc(C(=O)Nc4ccc(Oc5cccc(C)c5)cc4)cc3)C(=O)[C@H]2C1. The second kappa shape index (κ2) is 9.22. The molecular formula is C29H26N2O4. The van der Waals surface area contributed by atoms with Crippen molar-refractivity contribution in [2.45, 2.75) is 26.7 Å². The second-order valence-corrected chi connectivity index (χ2v) is 9.16. The van der Waals surface area contributed by atoms with E-state index < -0.39 is 0 Å². The van der Waals surface area contributed by atoms with Crippen LogP contribution in [0.1, 0.15) is 35.7 Å². The number of imide groups is 1. The smallest absolute Gasteiger partial charge is 0.255 e. The van der Waals surface area contributed by atoms with Crippen LogP contribution in [0.25, 0.3) is 0 Å². The molecular weight excluding hydrogens is 440 g/mol. The lowest BCUT2D eigenvalue weighted by Gasteiger charge is -2.18. The van der Waals surface area contributed by atoms with Gasteiger partial charge in [0.05, 0.1) is 17.5 Å². The standard InChI is InChI=1S/C29H26N2O4/c1-18-4-3-5-24(16-18)35-23-13-9-21(10-14-23)30-27(32)20-7-11-22(12-8-20)31-28(33)25-15-6-19(2)17-26(25)29(31)34/h3-14,16,25-26H,15,17H2,1-2H3,(H,30,32)/t25-,26-/m0/s1. The molecule has 1 aliphatic heterocycles. The summed E-state index contributed by atoms with van der Waals surface area (Å²) < 4.78 is 5.85. The van der Waals surface area contributed by atoms with Crippen molar-refractivity contribution in [3.8, 4) is 11.5 Å². The Morgan fingerprint density at radius 3 is 2.31 bits per heavy atom. The average molecular weight is 467 g/mol. The number of hydrogen-bond donors (Lipinski definition) is 1. The molecule has 0 aromatic heterocycles. The number of fused-ring (bicyclic) bond motifs is 1. The van der Waals surface area contributed by atoms with Gasteiger partial charge in [-0.25, -0.2) is 0 Å². The van der Waals surface area contributed by atoms with Gasteiger partial charge in [0.1, 0.15) is 11.5 Å². The third kappa shape index (κ3) is 4.60. The quantitative estimate of drug-likeness (QED) is 0.376. The predicted octanol–water partition coefficient (Wildman–Crippen LogP) is 5.89. The first kappa shape index (κ1) is 22.6. The van der Waals surface area contributed by atoms with E-state index in [0.29, 0.717) is 35.5 Å². The molecule has 3 amide bonds. The topological polar surface area (TPSA) is 75.7 Å². The minimum absolute atomic E-state index is 0.155. The van der Waals surface area contributed by atoms with Gasteiger partial charge in [-0.1, -0.05) is 23.8 Å². The van der Waals surface area contributed by atoms with Gasteiger partial charge in [-0.2, -0.15) is 0 Å². The molecule has 0 saturated carbocycles. The molecule has 0 bridgehead atoms. The maximum absolute atomic E-state index is 12.9. The van der Waals surface area contributed by atoms with Crippen LogP contribution in [0.15, 0.2) is 84.4 Å². The van der Waals surface area contributed by atoms with Crippen molar-refractivity contribution >= 4 is 29.1 Å². The molecule has 1 heterocycles. The van der Waals surface area contributed by atoms with Gasteiger partial charge in [-0.05, 0) is 92.9 Å².